The van der Waals surface area contributed by atoms with Gasteiger partial charge in [-0.25, -0.2) is 15.0 Å². The first-order valence-electron chi connectivity index (χ1n) is 24.4. The van der Waals surface area contributed by atoms with Crippen molar-refractivity contribution in [3.05, 3.63) is 267 Å². The number of aromatic nitrogens is 6. The molecule has 0 aliphatic rings. The van der Waals surface area contributed by atoms with E-state index < -0.39 is 8.07 Å². The van der Waals surface area contributed by atoms with Crippen LogP contribution < -0.4 is 20.7 Å². The Morgan fingerprint density at radius 2 is 0.819 bits per heavy atom. The maximum Gasteiger partial charge on any atom is 0.220 e. The third kappa shape index (κ3) is 6.52. The van der Waals surface area contributed by atoms with Gasteiger partial charge in [-0.05, 0) is 81.4 Å². The normalized spacial score (nSPS) is 11.9. The minimum Gasteiger partial charge on any atom is -0.307 e. The molecule has 14 aromatic rings. The number of nitrogens with zero attached hydrogens (tertiary/aromatic N) is 6. The highest BCUT2D eigenvalue weighted by Crippen LogP contribution is 2.39. The fourth-order valence-electron chi connectivity index (χ4n) is 11.2. The molecule has 0 atom stereocenters. The molecule has 0 spiro atoms. The summed E-state index contributed by atoms with van der Waals surface area (Å²) in [7, 11) is -3.12. The number of imidazole rings is 2. The first kappa shape index (κ1) is 41.5. The Balaban J connectivity index is 1.03. The third-order valence-electron chi connectivity index (χ3n) is 14.4. The molecule has 0 bridgehead atoms. The first-order valence-corrected chi connectivity index (χ1v) is 26.4. The van der Waals surface area contributed by atoms with E-state index in [2.05, 4.69) is 256 Å². The van der Waals surface area contributed by atoms with Crippen LogP contribution in [0.25, 0.3) is 94.9 Å². The number of para-hydroxylation sites is 4. The van der Waals surface area contributed by atoms with Gasteiger partial charge in [0.1, 0.15) is 5.52 Å². The lowest BCUT2D eigenvalue weighted by Crippen LogP contribution is -2.74. The van der Waals surface area contributed by atoms with Crippen molar-refractivity contribution in [1.29, 1.82) is 0 Å². The Hall–Kier alpha value is -9.43. The number of hydrogen-bond acceptors (Lipinski definition) is 3. The van der Waals surface area contributed by atoms with Crippen LogP contribution in [0.3, 0.4) is 0 Å². The molecule has 0 N–H and O–H groups in total. The van der Waals surface area contributed by atoms with Crippen LogP contribution >= 0.6 is 0 Å². The number of rotatable bonds is 9. The smallest absolute Gasteiger partial charge is 0.220 e. The molecule has 4 heterocycles. The largest absolute Gasteiger partial charge is 0.307 e. The predicted octanol–water partition coefficient (Wildman–Crippen LogP) is 12.7. The molecule has 72 heavy (non-hydrogen) atoms. The highest BCUT2D eigenvalue weighted by molar-refractivity contribution is 7.20. The number of benzene rings is 10. The van der Waals surface area contributed by atoms with Crippen LogP contribution in [0.2, 0.25) is 0 Å². The molecular weight excluding hydrogens is 893 g/mol. The zero-order valence-electron chi connectivity index (χ0n) is 39.1. The minimum absolute atomic E-state index is 0.694. The second kappa shape index (κ2) is 16.9. The van der Waals surface area contributed by atoms with E-state index in [4.69, 9.17) is 15.0 Å². The van der Waals surface area contributed by atoms with Crippen molar-refractivity contribution in [3.8, 4) is 45.3 Å². The third-order valence-corrected chi connectivity index (χ3v) is 19.1. The van der Waals surface area contributed by atoms with Crippen molar-refractivity contribution in [1.82, 2.24) is 28.5 Å². The van der Waals surface area contributed by atoms with E-state index in [0.717, 1.165) is 83.7 Å². The summed E-state index contributed by atoms with van der Waals surface area (Å²) < 4.78 is 7.07. The van der Waals surface area contributed by atoms with Gasteiger partial charge in [0.05, 0.1) is 39.0 Å². The Morgan fingerprint density at radius 1 is 0.306 bits per heavy atom. The van der Waals surface area contributed by atoms with Crippen LogP contribution in [-0.2, 0) is 0 Å². The molecule has 14 rings (SSSR count). The Kier molecular flexibility index (Phi) is 9.75. The standard InChI is InChI=1S/C65H44N6Si/c1-6-22-45(23-7-1)56-44-57(67-64(66-56)46-24-8-2-9-25-46)47-26-20-34-52(42-47)72(50-30-12-4-13-31-50,51-32-14-5-15-33-51)53-35-21-29-49(43-53)69-58-37-17-16-36-54(58)55-40-41-61-62(63(55)69)68-65-70(48-27-10-3-11-28-48)59-38-18-19-39-60(59)71(61)65/h1-44H. The van der Waals surface area contributed by atoms with Gasteiger partial charge < -0.3 is 4.57 Å². The molecule has 0 aliphatic carbocycles. The summed E-state index contributed by atoms with van der Waals surface area (Å²) in [5.41, 5.74) is 13.4. The monoisotopic (exact) mass is 936 g/mol. The van der Waals surface area contributed by atoms with Crippen molar-refractivity contribution < 1.29 is 0 Å². The van der Waals surface area contributed by atoms with E-state index in [0.29, 0.717) is 5.82 Å². The van der Waals surface area contributed by atoms with E-state index in [-0.39, 0.29) is 0 Å². The summed E-state index contributed by atoms with van der Waals surface area (Å²) in [5, 5.41) is 7.45. The number of hydrogen-bond donors (Lipinski definition) is 0. The molecule has 6 nitrogen and oxygen atoms in total. The van der Waals surface area contributed by atoms with Gasteiger partial charge in [0.25, 0.3) is 0 Å². The summed E-state index contributed by atoms with van der Waals surface area (Å²) in [6.07, 6.45) is 0. The zero-order chi connectivity index (χ0) is 47.6. The van der Waals surface area contributed by atoms with Crippen LogP contribution in [-0.4, -0.2) is 36.6 Å². The van der Waals surface area contributed by atoms with Gasteiger partial charge in [0.15, 0.2) is 13.9 Å². The average Bonchev–Trinajstić information content (AvgIpc) is 4.12. The topological polar surface area (TPSA) is 52.9 Å². The predicted molar refractivity (Wildman–Crippen MR) is 299 cm³/mol. The second-order valence-corrected chi connectivity index (χ2v) is 22.2. The molecule has 0 saturated heterocycles. The van der Waals surface area contributed by atoms with E-state index in [1.165, 1.54) is 26.1 Å². The summed E-state index contributed by atoms with van der Waals surface area (Å²) in [6.45, 7) is 0. The fourth-order valence-corrected chi connectivity index (χ4v) is 16.1. The molecule has 10 aromatic carbocycles. The van der Waals surface area contributed by atoms with Gasteiger partial charge in [-0.3, -0.25) is 8.97 Å². The molecule has 338 valence electrons. The van der Waals surface area contributed by atoms with Crippen LogP contribution in [0.1, 0.15) is 0 Å². The maximum atomic E-state index is 5.65. The minimum atomic E-state index is -3.12. The highest BCUT2D eigenvalue weighted by Gasteiger charge is 2.42. The van der Waals surface area contributed by atoms with Gasteiger partial charge in [-0.1, -0.05) is 206 Å². The van der Waals surface area contributed by atoms with Crippen molar-refractivity contribution in [2.75, 3.05) is 0 Å². The van der Waals surface area contributed by atoms with Crippen LogP contribution in [0.5, 0.6) is 0 Å². The Labute approximate surface area is 417 Å². The lowest BCUT2D eigenvalue weighted by molar-refractivity contribution is 1.11. The summed E-state index contributed by atoms with van der Waals surface area (Å²) >= 11 is 0. The van der Waals surface area contributed by atoms with E-state index in [9.17, 15) is 0 Å². The highest BCUT2D eigenvalue weighted by atomic mass is 28.3. The van der Waals surface area contributed by atoms with E-state index in [1.54, 1.807) is 0 Å². The first-order chi connectivity index (χ1) is 35.7. The van der Waals surface area contributed by atoms with Crippen molar-refractivity contribution in [3.63, 3.8) is 0 Å². The van der Waals surface area contributed by atoms with Crippen molar-refractivity contribution >= 4 is 78.5 Å². The zero-order valence-corrected chi connectivity index (χ0v) is 40.1. The Bertz CT molecular complexity index is 4220. The molecule has 0 amide bonds. The molecular formula is C65H44N6Si. The van der Waals surface area contributed by atoms with Crippen LogP contribution in [0, 0.1) is 0 Å². The van der Waals surface area contributed by atoms with E-state index in [1.807, 2.05) is 24.3 Å². The SMILES string of the molecule is c1ccc(-c2cc(-c3cccc([Si](c4ccccc4)(c4ccccc4)c4cccc(-n5c6ccccc6c6ccc7c(nc8n(-c9ccccc9)c9ccccc9n78)c65)c4)c3)nc(-c3ccccc3)n2)cc1. The molecule has 0 unspecified atom stereocenters. The molecule has 0 aliphatic heterocycles. The molecule has 0 radical (unpaired) electrons. The van der Waals surface area contributed by atoms with Gasteiger partial charge >= 0.3 is 0 Å². The quantitative estimate of drug-likeness (QED) is 0.107. The van der Waals surface area contributed by atoms with Crippen LogP contribution in [0.15, 0.2) is 267 Å². The van der Waals surface area contributed by atoms with Crippen LogP contribution in [0.4, 0.5) is 0 Å². The molecule has 4 aromatic heterocycles. The van der Waals surface area contributed by atoms with Gasteiger partial charge in [-0.15, -0.1) is 0 Å². The lowest BCUT2D eigenvalue weighted by Gasteiger charge is -2.35. The fraction of sp³-hybridized carbons (Fsp3) is 0. The molecule has 0 saturated carbocycles. The lowest BCUT2D eigenvalue weighted by atomic mass is 10.1. The molecule has 0 fully saturated rings. The van der Waals surface area contributed by atoms with E-state index >= 15 is 0 Å². The van der Waals surface area contributed by atoms with Gasteiger partial charge in [0.2, 0.25) is 5.78 Å². The summed E-state index contributed by atoms with van der Waals surface area (Å²) in [6, 6.07) is 96.2. The second-order valence-electron chi connectivity index (χ2n) is 18.4. The number of fused-ring (bicyclic) bond motifs is 9. The average molecular weight is 937 g/mol. The van der Waals surface area contributed by atoms with Gasteiger partial charge in [0, 0.05) is 38.8 Å². The van der Waals surface area contributed by atoms with Crippen molar-refractivity contribution in [2.45, 2.75) is 0 Å². The summed E-state index contributed by atoms with van der Waals surface area (Å²) in [4.78, 5) is 16.1. The maximum absolute atomic E-state index is 5.65. The Morgan fingerprint density at radius 3 is 1.51 bits per heavy atom. The van der Waals surface area contributed by atoms with Crippen molar-refractivity contribution in [2.24, 2.45) is 0 Å². The summed E-state index contributed by atoms with van der Waals surface area (Å²) in [5.74, 6) is 1.57. The van der Waals surface area contributed by atoms with Gasteiger partial charge in [-0.2, -0.15) is 0 Å². The molecule has 7 heteroatoms.